The van der Waals surface area contributed by atoms with Crippen molar-refractivity contribution in [3.8, 4) is 17.0 Å². The molecule has 5 nitrogen and oxygen atoms in total. The fourth-order valence-electron chi connectivity index (χ4n) is 3.60. The van der Waals surface area contributed by atoms with Crippen LogP contribution in [0.2, 0.25) is 5.02 Å². The predicted molar refractivity (Wildman–Crippen MR) is 123 cm³/mol. The molecule has 0 bridgehead atoms. The molecule has 8 heteroatoms. The molecular formula is C22H23ClN2O3S2. The number of nitrogens with zero attached hydrogens (tertiary/aromatic N) is 2. The Morgan fingerprint density at radius 1 is 1.10 bits per heavy atom. The second-order valence-corrected chi connectivity index (χ2v) is 10.7. The molecule has 3 aromatic rings. The summed E-state index contributed by atoms with van der Waals surface area (Å²) in [7, 11) is -3.35. The quantitative estimate of drug-likeness (QED) is 0.497. The van der Waals surface area contributed by atoms with Gasteiger partial charge < -0.3 is 9.64 Å². The summed E-state index contributed by atoms with van der Waals surface area (Å²) in [6.45, 7) is 3.95. The summed E-state index contributed by atoms with van der Waals surface area (Å²) in [5, 5.41) is 3.14. The summed E-state index contributed by atoms with van der Waals surface area (Å²) in [5.41, 5.74) is 1.97. The number of piperidine rings is 1. The zero-order chi connectivity index (χ0) is 21.1. The van der Waals surface area contributed by atoms with Gasteiger partial charge in [0.1, 0.15) is 5.75 Å². The number of halogens is 1. The van der Waals surface area contributed by atoms with Crippen molar-refractivity contribution in [3.63, 3.8) is 0 Å². The first-order valence-corrected chi connectivity index (χ1v) is 12.7. The van der Waals surface area contributed by atoms with Crippen molar-refractivity contribution in [2.75, 3.05) is 24.6 Å². The zero-order valence-corrected chi connectivity index (χ0v) is 19.0. The van der Waals surface area contributed by atoms with Gasteiger partial charge in [0.15, 0.2) is 15.0 Å². The average Bonchev–Trinajstić information content (AvgIpc) is 3.25. The third kappa shape index (κ3) is 4.48. The molecule has 0 atom stereocenters. The van der Waals surface area contributed by atoms with Crippen molar-refractivity contribution in [3.05, 3.63) is 58.9 Å². The molecule has 2 aromatic carbocycles. The molecule has 2 heterocycles. The monoisotopic (exact) mass is 462 g/mol. The lowest BCUT2D eigenvalue weighted by atomic mass is 10.1. The van der Waals surface area contributed by atoms with Gasteiger partial charge in [0, 0.05) is 29.1 Å². The zero-order valence-electron chi connectivity index (χ0n) is 16.6. The topological polar surface area (TPSA) is 59.5 Å². The predicted octanol–water partition coefficient (Wildman–Crippen LogP) is 5.30. The van der Waals surface area contributed by atoms with Gasteiger partial charge in [0.2, 0.25) is 0 Å². The van der Waals surface area contributed by atoms with E-state index in [1.54, 1.807) is 35.6 Å². The van der Waals surface area contributed by atoms with E-state index in [1.807, 2.05) is 36.6 Å². The van der Waals surface area contributed by atoms with Crippen LogP contribution in [-0.2, 0) is 9.84 Å². The molecule has 0 radical (unpaired) electrons. The first-order valence-electron chi connectivity index (χ1n) is 9.90. The Morgan fingerprint density at radius 3 is 2.40 bits per heavy atom. The lowest BCUT2D eigenvalue weighted by Gasteiger charge is -2.31. The van der Waals surface area contributed by atoms with Crippen LogP contribution in [0, 0.1) is 0 Å². The van der Waals surface area contributed by atoms with Gasteiger partial charge in [-0.2, -0.15) is 0 Å². The fourth-order valence-corrected chi connectivity index (χ4v) is 6.35. The second-order valence-electron chi connectivity index (χ2n) is 7.16. The van der Waals surface area contributed by atoms with E-state index >= 15 is 0 Å². The maximum Gasteiger partial charge on any atom is 0.185 e. The second kappa shape index (κ2) is 8.96. The molecule has 1 aliphatic heterocycles. The third-order valence-corrected chi connectivity index (χ3v) is 8.68. The van der Waals surface area contributed by atoms with Crippen LogP contribution in [0.4, 0.5) is 5.13 Å². The van der Waals surface area contributed by atoms with E-state index in [-0.39, 0.29) is 5.25 Å². The van der Waals surface area contributed by atoms with Crippen LogP contribution in [0.3, 0.4) is 0 Å². The number of anilines is 1. The van der Waals surface area contributed by atoms with Crippen molar-refractivity contribution in [2.24, 2.45) is 0 Å². The molecule has 0 amide bonds. The van der Waals surface area contributed by atoms with Crippen molar-refractivity contribution < 1.29 is 13.2 Å². The Balaban J connectivity index is 1.41. The number of rotatable bonds is 6. The molecule has 0 saturated carbocycles. The van der Waals surface area contributed by atoms with Crippen molar-refractivity contribution in [1.29, 1.82) is 0 Å². The average molecular weight is 463 g/mol. The molecule has 158 valence electrons. The molecule has 0 N–H and O–H groups in total. The fraction of sp³-hybridized carbons (Fsp3) is 0.318. The summed E-state index contributed by atoms with van der Waals surface area (Å²) in [4.78, 5) is 7.30. The Hall–Kier alpha value is -2.09. The summed E-state index contributed by atoms with van der Waals surface area (Å²) < 4.78 is 31.3. The summed E-state index contributed by atoms with van der Waals surface area (Å²) in [6.07, 6.45) is 1.17. The molecule has 0 aliphatic carbocycles. The smallest absolute Gasteiger partial charge is 0.185 e. The van der Waals surface area contributed by atoms with Crippen molar-refractivity contribution >= 4 is 37.9 Å². The maximum absolute atomic E-state index is 12.9. The minimum Gasteiger partial charge on any atom is -0.494 e. The molecule has 4 rings (SSSR count). The Kier molecular flexibility index (Phi) is 6.32. The summed E-state index contributed by atoms with van der Waals surface area (Å²) in [6, 6.07) is 14.4. The molecule has 1 saturated heterocycles. The summed E-state index contributed by atoms with van der Waals surface area (Å²) in [5.74, 6) is 0.848. The number of sulfone groups is 1. The van der Waals surface area contributed by atoms with Crippen LogP contribution in [0.25, 0.3) is 11.3 Å². The van der Waals surface area contributed by atoms with E-state index in [1.165, 1.54) is 0 Å². The standard InChI is InChI=1S/C22H23ClN2O3S2/c1-2-28-18-7-3-16(4-8-18)21-15-29-22(24-21)25-13-11-20(12-14-25)30(26,27)19-9-5-17(23)6-10-19/h3-10,15,20H,2,11-14H2,1H3. The highest BCUT2D eigenvalue weighted by Crippen LogP contribution is 2.32. The van der Waals surface area contributed by atoms with E-state index in [2.05, 4.69) is 4.90 Å². The SMILES string of the molecule is CCOc1ccc(-c2csc(N3CCC(S(=O)(=O)c4ccc(Cl)cc4)CC3)n2)cc1. The Morgan fingerprint density at radius 2 is 1.77 bits per heavy atom. The van der Waals surface area contributed by atoms with Gasteiger partial charge in [-0.25, -0.2) is 13.4 Å². The highest BCUT2D eigenvalue weighted by Gasteiger charge is 2.32. The van der Waals surface area contributed by atoms with E-state index in [0.29, 0.717) is 42.5 Å². The highest BCUT2D eigenvalue weighted by molar-refractivity contribution is 7.92. The lowest BCUT2D eigenvalue weighted by molar-refractivity contribution is 0.340. The first kappa shape index (κ1) is 21.2. The molecule has 1 aromatic heterocycles. The van der Waals surface area contributed by atoms with Crippen molar-refractivity contribution in [1.82, 2.24) is 4.98 Å². The van der Waals surface area contributed by atoms with E-state index in [0.717, 1.165) is 22.1 Å². The molecule has 0 unspecified atom stereocenters. The molecule has 1 fully saturated rings. The Labute approximate surface area is 186 Å². The number of thiazole rings is 1. The third-order valence-electron chi connectivity index (χ3n) is 5.25. The molecule has 1 aliphatic rings. The Bertz CT molecular complexity index is 1090. The van der Waals surface area contributed by atoms with Crippen LogP contribution in [0.15, 0.2) is 58.8 Å². The lowest BCUT2D eigenvalue weighted by Crippen LogP contribution is -2.39. The van der Waals surface area contributed by atoms with Crippen LogP contribution >= 0.6 is 22.9 Å². The van der Waals surface area contributed by atoms with Crippen LogP contribution in [-0.4, -0.2) is 38.3 Å². The van der Waals surface area contributed by atoms with Crippen molar-refractivity contribution in [2.45, 2.75) is 29.9 Å². The minimum absolute atomic E-state index is 0.345. The van der Waals surface area contributed by atoms with Gasteiger partial charge in [-0.3, -0.25) is 0 Å². The largest absolute Gasteiger partial charge is 0.494 e. The van der Waals surface area contributed by atoms with Gasteiger partial charge in [-0.15, -0.1) is 11.3 Å². The molecule has 30 heavy (non-hydrogen) atoms. The maximum atomic E-state index is 12.9. The van der Waals surface area contributed by atoms with Gasteiger partial charge in [-0.05, 0) is 68.3 Å². The normalized spacial score (nSPS) is 15.3. The minimum atomic E-state index is -3.35. The number of hydrogen-bond acceptors (Lipinski definition) is 6. The van der Waals surface area contributed by atoms with E-state index < -0.39 is 9.84 Å². The highest BCUT2D eigenvalue weighted by atomic mass is 35.5. The van der Waals surface area contributed by atoms with Gasteiger partial charge in [0.05, 0.1) is 22.4 Å². The van der Waals surface area contributed by atoms with Gasteiger partial charge in [0.25, 0.3) is 0 Å². The number of ether oxygens (including phenoxy) is 1. The number of hydrogen-bond donors (Lipinski definition) is 0. The van der Waals surface area contributed by atoms with Crippen LogP contribution < -0.4 is 9.64 Å². The number of aromatic nitrogens is 1. The summed E-state index contributed by atoms with van der Waals surface area (Å²) >= 11 is 7.48. The van der Waals surface area contributed by atoms with E-state index in [4.69, 9.17) is 21.3 Å². The van der Waals surface area contributed by atoms with Crippen LogP contribution in [0.1, 0.15) is 19.8 Å². The molecular weight excluding hydrogens is 440 g/mol. The van der Waals surface area contributed by atoms with Crippen LogP contribution in [0.5, 0.6) is 5.75 Å². The number of benzene rings is 2. The first-order chi connectivity index (χ1) is 14.5. The molecule has 0 spiro atoms. The van der Waals surface area contributed by atoms with Gasteiger partial charge in [-0.1, -0.05) is 11.6 Å². The van der Waals surface area contributed by atoms with E-state index in [9.17, 15) is 8.42 Å². The van der Waals surface area contributed by atoms with Gasteiger partial charge >= 0.3 is 0 Å².